The molecule has 1 saturated carbocycles. The fourth-order valence-electron chi connectivity index (χ4n) is 3.36. The molecule has 5 heteroatoms. The number of aromatic nitrogens is 2. The Hall–Kier alpha value is -2.17. The van der Waals surface area contributed by atoms with Gasteiger partial charge in [0.2, 0.25) is 0 Å². The lowest BCUT2D eigenvalue weighted by Gasteiger charge is -2.29. The summed E-state index contributed by atoms with van der Waals surface area (Å²) in [7, 11) is 0. The Morgan fingerprint density at radius 2 is 1.92 bits per heavy atom. The van der Waals surface area contributed by atoms with Crippen molar-refractivity contribution in [1.29, 1.82) is 0 Å². The average Bonchev–Trinajstić information content (AvgIpc) is 3.45. The minimum Gasteiger partial charge on any atom is -0.309 e. The van der Waals surface area contributed by atoms with Crippen molar-refractivity contribution in [3.8, 4) is 0 Å². The van der Waals surface area contributed by atoms with Crippen LogP contribution in [0.25, 0.3) is 10.9 Å². The van der Waals surface area contributed by atoms with Gasteiger partial charge >= 0.3 is 0 Å². The number of para-hydroxylation sites is 1. The van der Waals surface area contributed by atoms with Gasteiger partial charge in [0.15, 0.2) is 0 Å². The first-order valence-electron chi connectivity index (χ1n) is 8.61. The second-order valence-electron chi connectivity index (χ2n) is 6.63. The molecule has 4 nitrogen and oxygen atoms in total. The normalized spacial score (nSPS) is 15.6. The molecule has 1 N–H and O–H groups in total. The fourth-order valence-corrected chi connectivity index (χ4v) is 3.66. The van der Waals surface area contributed by atoms with Gasteiger partial charge in [0.1, 0.15) is 5.82 Å². The standard InChI is InChI=1S/C20H20ClN3O/c1-13(15-6-2-4-8-17(15)21)24(14-10-11-14)12-19-22-18-9-5-3-7-16(18)20(25)23-19/h2-9,13-14H,10-12H2,1H3,(H,22,23,25). The summed E-state index contributed by atoms with van der Waals surface area (Å²) in [4.78, 5) is 22.3. The highest BCUT2D eigenvalue weighted by atomic mass is 35.5. The lowest BCUT2D eigenvalue weighted by molar-refractivity contribution is 0.186. The summed E-state index contributed by atoms with van der Waals surface area (Å²) in [6.45, 7) is 2.77. The number of rotatable bonds is 5. The quantitative estimate of drug-likeness (QED) is 0.743. The first-order chi connectivity index (χ1) is 12.1. The third-order valence-corrected chi connectivity index (χ3v) is 5.21. The fraction of sp³-hybridized carbons (Fsp3) is 0.300. The molecule has 0 spiro atoms. The van der Waals surface area contributed by atoms with Crippen molar-refractivity contribution in [2.75, 3.05) is 0 Å². The van der Waals surface area contributed by atoms with Gasteiger partial charge in [0, 0.05) is 17.1 Å². The first kappa shape index (κ1) is 16.3. The Morgan fingerprint density at radius 1 is 1.20 bits per heavy atom. The average molecular weight is 354 g/mol. The Balaban J connectivity index is 1.67. The zero-order valence-electron chi connectivity index (χ0n) is 14.1. The summed E-state index contributed by atoms with van der Waals surface area (Å²) >= 11 is 6.39. The summed E-state index contributed by atoms with van der Waals surface area (Å²) in [5.74, 6) is 0.703. The number of fused-ring (bicyclic) bond motifs is 1. The molecule has 1 aliphatic carbocycles. The van der Waals surface area contributed by atoms with E-state index in [4.69, 9.17) is 11.6 Å². The number of nitrogens with zero attached hydrogens (tertiary/aromatic N) is 2. The van der Waals surface area contributed by atoms with Crippen molar-refractivity contribution in [2.45, 2.75) is 38.4 Å². The monoisotopic (exact) mass is 353 g/mol. The molecule has 1 aliphatic rings. The lowest BCUT2D eigenvalue weighted by Crippen LogP contribution is -2.30. The van der Waals surface area contributed by atoms with Crippen LogP contribution in [0.2, 0.25) is 5.02 Å². The summed E-state index contributed by atoms with van der Waals surface area (Å²) in [6.07, 6.45) is 2.35. The van der Waals surface area contributed by atoms with Gasteiger partial charge in [0.05, 0.1) is 17.4 Å². The molecule has 128 valence electrons. The maximum atomic E-state index is 12.3. The van der Waals surface area contributed by atoms with Crippen LogP contribution in [0.3, 0.4) is 0 Å². The van der Waals surface area contributed by atoms with Crippen LogP contribution in [0.15, 0.2) is 53.3 Å². The van der Waals surface area contributed by atoms with Gasteiger partial charge in [-0.2, -0.15) is 0 Å². The molecule has 0 saturated heterocycles. The van der Waals surface area contributed by atoms with E-state index in [1.165, 1.54) is 12.8 Å². The van der Waals surface area contributed by atoms with Crippen molar-refractivity contribution < 1.29 is 0 Å². The van der Waals surface area contributed by atoms with Gasteiger partial charge in [-0.05, 0) is 43.5 Å². The van der Waals surface area contributed by atoms with Crippen LogP contribution in [0.1, 0.15) is 37.2 Å². The molecule has 3 aromatic rings. The van der Waals surface area contributed by atoms with Crippen LogP contribution in [0, 0.1) is 0 Å². The van der Waals surface area contributed by atoms with E-state index in [9.17, 15) is 4.79 Å². The number of benzene rings is 2. The molecule has 1 aromatic heterocycles. The molecule has 1 heterocycles. The SMILES string of the molecule is CC(c1ccccc1Cl)N(Cc1nc2ccccc2c(=O)[nH]1)C1CC1. The highest BCUT2D eigenvalue weighted by molar-refractivity contribution is 6.31. The predicted octanol–water partition coefficient (Wildman–Crippen LogP) is 4.30. The van der Waals surface area contributed by atoms with Crippen LogP contribution in [0.5, 0.6) is 0 Å². The van der Waals surface area contributed by atoms with E-state index in [2.05, 4.69) is 27.9 Å². The van der Waals surface area contributed by atoms with Crippen LogP contribution in [-0.2, 0) is 6.54 Å². The van der Waals surface area contributed by atoms with E-state index in [0.717, 1.165) is 16.1 Å². The summed E-state index contributed by atoms with van der Waals surface area (Å²) in [6, 6.07) is 16.1. The van der Waals surface area contributed by atoms with Gasteiger partial charge in [-0.3, -0.25) is 9.69 Å². The lowest BCUT2D eigenvalue weighted by atomic mass is 10.1. The molecule has 1 atom stereocenters. The van der Waals surface area contributed by atoms with E-state index < -0.39 is 0 Å². The van der Waals surface area contributed by atoms with Crippen LogP contribution in [0.4, 0.5) is 0 Å². The molecule has 0 radical (unpaired) electrons. The smallest absolute Gasteiger partial charge is 0.258 e. The topological polar surface area (TPSA) is 49.0 Å². The maximum absolute atomic E-state index is 12.3. The summed E-state index contributed by atoms with van der Waals surface area (Å²) < 4.78 is 0. The Kier molecular flexibility index (Phi) is 4.32. The van der Waals surface area contributed by atoms with Crippen molar-refractivity contribution in [3.05, 3.63) is 75.3 Å². The summed E-state index contributed by atoms with van der Waals surface area (Å²) in [5.41, 5.74) is 1.77. The second-order valence-corrected chi connectivity index (χ2v) is 7.04. The van der Waals surface area contributed by atoms with E-state index in [1.807, 2.05) is 36.4 Å². The van der Waals surface area contributed by atoms with E-state index in [0.29, 0.717) is 23.8 Å². The molecule has 4 rings (SSSR count). The summed E-state index contributed by atoms with van der Waals surface area (Å²) in [5, 5.41) is 1.41. The second kappa shape index (κ2) is 6.62. The van der Waals surface area contributed by atoms with E-state index in [1.54, 1.807) is 6.07 Å². The van der Waals surface area contributed by atoms with Gasteiger partial charge in [-0.15, -0.1) is 0 Å². The number of aromatic amines is 1. The number of hydrogen-bond donors (Lipinski definition) is 1. The largest absolute Gasteiger partial charge is 0.309 e. The molecule has 0 bridgehead atoms. The third kappa shape index (κ3) is 3.32. The van der Waals surface area contributed by atoms with Gasteiger partial charge in [0.25, 0.3) is 5.56 Å². The minimum atomic E-state index is -0.0817. The van der Waals surface area contributed by atoms with Gasteiger partial charge in [-0.1, -0.05) is 41.9 Å². The van der Waals surface area contributed by atoms with Crippen molar-refractivity contribution in [3.63, 3.8) is 0 Å². The molecular weight excluding hydrogens is 334 g/mol. The van der Waals surface area contributed by atoms with Crippen molar-refractivity contribution in [1.82, 2.24) is 14.9 Å². The zero-order valence-corrected chi connectivity index (χ0v) is 14.8. The Morgan fingerprint density at radius 3 is 2.68 bits per heavy atom. The highest BCUT2D eigenvalue weighted by Crippen LogP contribution is 2.37. The maximum Gasteiger partial charge on any atom is 0.258 e. The zero-order chi connectivity index (χ0) is 17.4. The third-order valence-electron chi connectivity index (χ3n) is 4.86. The molecule has 25 heavy (non-hydrogen) atoms. The Bertz CT molecular complexity index is 964. The van der Waals surface area contributed by atoms with Crippen molar-refractivity contribution in [2.24, 2.45) is 0 Å². The van der Waals surface area contributed by atoms with Crippen LogP contribution in [-0.4, -0.2) is 20.9 Å². The molecular formula is C20H20ClN3O. The molecule has 0 amide bonds. The molecule has 1 unspecified atom stereocenters. The minimum absolute atomic E-state index is 0.0817. The predicted molar refractivity (Wildman–Crippen MR) is 101 cm³/mol. The molecule has 0 aliphatic heterocycles. The van der Waals surface area contributed by atoms with E-state index in [-0.39, 0.29) is 11.6 Å². The number of halogens is 1. The van der Waals surface area contributed by atoms with E-state index >= 15 is 0 Å². The van der Waals surface area contributed by atoms with Crippen LogP contribution < -0.4 is 5.56 Å². The van der Waals surface area contributed by atoms with Gasteiger partial charge in [-0.25, -0.2) is 4.98 Å². The Labute approximate surface area is 151 Å². The number of H-pyrrole nitrogens is 1. The van der Waals surface area contributed by atoms with Crippen LogP contribution >= 0.6 is 11.6 Å². The first-order valence-corrected chi connectivity index (χ1v) is 8.99. The number of hydrogen-bond acceptors (Lipinski definition) is 3. The molecule has 1 fully saturated rings. The van der Waals surface area contributed by atoms with Crippen molar-refractivity contribution >= 4 is 22.5 Å². The molecule has 2 aromatic carbocycles. The number of nitrogens with one attached hydrogen (secondary N) is 1. The highest BCUT2D eigenvalue weighted by Gasteiger charge is 2.33. The van der Waals surface area contributed by atoms with Gasteiger partial charge < -0.3 is 4.98 Å².